The van der Waals surface area contributed by atoms with Crippen LogP contribution in [-0.2, 0) is 0 Å². The van der Waals surface area contributed by atoms with E-state index >= 15 is 0 Å². The lowest BCUT2D eigenvalue weighted by Gasteiger charge is -2.15. The Balaban J connectivity index is 1.79. The summed E-state index contributed by atoms with van der Waals surface area (Å²) in [6.45, 7) is 2.31. The molecule has 1 fully saturated rings. The van der Waals surface area contributed by atoms with Gasteiger partial charge in [-0.1, -0.05) is 31.9 Å². The topological polar surface area (TPSA) is 0 Å². The molecule has 2 aliphatic carbocycles. The van der Waals surface area contributed by atoms with Gasteiger partial charge in [-0.3, -0.25) is 0 Å². The van der Waals surface area contributed by atoms with Crippen LogP contribution < -0.4 is 0 Å². The molecule has 2 aliphatic rings. The first-order valence-electron chi connectivity index (χ1n) is 5.58. The van der Waals surface area contributed by atoms with E-state index in [2.05, 4.69) is 19.1 Å². The van der Waals surface area contributed by atoms with Gasteiger partial charge in [0, 0.05) is 0 Å². The van der Waals surface area contributed by atoms with Crippen LogP contribution in [0.25, 0.3) is 0 Å². The number of hydrogen-bond donors (Lipinski definition) is 0. The van der Waals surface area contributed by atoms with Gasteiger partial charge in [0.15, 0.2) is 0 Å². The van der Waals surface area contributed by atoms with Crippen LogP contribution >= 0.6 is 0 Å². The fourth-order valence-electron chi connectivity index (χ4n) is 2.69. The third-order valence-corrected chi connectivity index (χ3v) is 3.48. The summed E-state index contributed by atoms with van der Waals surface area (Å²) in [7, 11) is 0. The lowest BCUT2D eigenvalue weighted by molar-refractivity contribution is 0.450. The van der Waals surface area contributed by atoms with Gasteiger partial charge in [0.05, 0.1) is 0 Å². The molecule has 0 amide bonds. The molecule has 0 saturated heterocycles. The quantitative estimate of drug-likeness (QED) is 0.557. The Kier molecular flexibility index (Phi) is 2.53. The van der Waals surface area contributed by atoms with Gasteiger partial charge in [-0.25, -0.2) is 0 Å². The highest BCUT2D eigenvalue weighted by atomic mass is 14.5. The van der Waals surface area contributed by atoms with Crippen LogP contribution in [0.2, 0.25) is 0 Å². The van der Waals surface area contributed by atoms with Crippen molar-refractivity contribution in [3.05, 3.63) is 12.2 Å². The summed E-state index contributed by atoms with van der Waals surface area (Å²) in [5.74, 6) is 3.15. The normalized spacial score (nSPS) is 39.9. The zero-order chi connectivity index (χ0) is 8.39. The Hall–Kier alpha value is -0.260. The van der Waals surface area contributed by atoms with E-state index in [0.29, 0.717) is 0 Å². The minimum Gasteiger partial charge on any atom is -0.0882 e. The number of allylic oxidation sites excluding steroid dienone is 2. The highest BCUT2D eigenvalue weighted by Gasteiger charge is 2.40. The van der Waals surface area contributed by atoms with E-state index in [1.807, 2.05) is 0 Å². The first kappa shape index (κ1) is 8.34. The maximum atomic E-state index is 2.49. The minimum atomic E-state index is 0.968. The molecule has 0 heterocycles. The number of hydrogen-bond acceptors (Lipinski definition) is 0. The van der Waals surface area contributed by atoms with Crippen LogP contribution in [0.3, 0.4) is 0 Å². The maximum absolute atomic E-state index is 2.49. The van der Waals surface area contributed by atoms with E-state index in [0.717, 1.165) is 17.8 Å². The second-order valence-corrected chi connectivity index (χ2v) is 4.47. The molecule has 1 saturated carbocycles. The molecule has 3 atom stereocenters. The van der Waals surface area contributed by atoms with Gasteiger partial charge in [-0.2, -0.15) is 0 Å². The fraction of sp³-hybridized carbons (Fsp3) is 0.833. The lowest BCUT2D eigenvalue weighted by Crippen LogP contribution is -2.04. The Labute approximate surface area is 76.1 Å². The van der Waals surface area contributed by atoms with Gasteiger partial charge in [-0.15, -0.1) is 0 Å². The summed E-state index contributed by atoms with van der Waals surface area (Å²) in [5, 5.41) is 0. The SMILES string of the molecule is CCCC1CC1C1C=CCCC1. The molecule has 0 aromatic carbocycles. The van der Waals surface area contributed by atoms with Crippen molar-refractivity contribution < 1.29 is 0 Å². The molecule has 12 heavy (non-hydrogen) atoms. The second kappa shape index (κ2) is 3.64. The van der Waals surface area contributed by atoms with Crippen LogP contribution in [-0.4, -0.2) is 0 Å². The molecular weight excluding hydrogens is 144 g/mol. The molecule has 0 spiro atoms. The van der Waals surface area contributed by atoms with Crippen molar-refractivity contribution in [1.82, 2.24) is 0 Å². The third kappa shape index (κ3) is 1.73. The fourth-order valence-corrected chi connectivity index (χ4v) is 2.69. The van der Waals surface area contributed by atoms with Crippen LogP contribution in [0.1, 0.15) is 45.4 Å². The van der Waals surface area contributed by atoms with E-state index in [-0.39, 0.29) is 0 Å². The van der Waals surface area contributed by atoms with Crippen molar-refractivity contribution in [3.63, 3.8) is 0 Å². The summed E-state index contributed by atoms with van der Waals surface area (Å²) in [5.41, 5.74) is 0. The van der Waals surface area contributed by atoms with E-state index in [1.54, 1.807) is 0 Å². The van der Waals surface area contributed by atoms with E-state index in [4.69, 9.17) is 0 Å². The summed E-state index contributed by atoms with van der Waals surface area (Å²) in [6.07, 6.45) is 13.5. The average Bonchev–Trinajstić information content (AvgIpc) is 2.87. The zero-order valence-corrected chi connectivity index (χ0v) is 8.13. The van der Waals surface area contributed by atoms with Crippen molar-refractivity contribution in [3.8, 4) is 0 Å². The second-order valence-electron chi connectivity index (χ2n) is 4.47. The van der Waals surface area contributed by atoms with Gasteiger partial charge in [0.1, 0.15) is 0 Å². The Morgan fingerprint density at radius 2 is 2.33 bits per heavy atom. The summed E-state index contributed by atoms with van der Waals surface area (Å²) in [4.78, 5) is 0. The zero-order valence-electron chi connectivity index (χ0n) is 8.13. The smallest absolute Gasteiger partial charge is 0.0202 e. The van der Waals surface area contributed by atoms with Gasteiger partial charge in [0.2, 0.25) is 0 Å². The first-order chi connectivity index (χ1) is 5.92. The summed E-state index contributed by atoms with van der Waals surface area (Å²) >= 11 is 0. The van der Waals surface area contributed by atoms with Gasteiger partial charge in [0.25, 0.3) is 0 Å². The lowest BCUT2D eigenvalue weighted by atomic mass is 9.90. The third-order valence-electron chi connectivity index (χ3n) is 3.48. The van der Waals surface area contributed by atoms with Crippen molar-refractivity contribution in [1.29, 1.82) is 0 Å². The molecule has 0 bridgehead atoms. The van der Waals surface area contributed by atoms with Crippen molar-refractivity contribution >= 4 is 0 Å². The minimum absolute atomic E-state index is 0.968. The van der Waals surface area contributed by atoms with Gasteiger partial charge in [-0.05, 0) is 43.4 Å². The molecule has 3 unspecified atom stereocenters. The molecule has 0 aromatic heterocycles. The standard InChI is InChI=1S/C12H20/c1-2-6-11-9-12(11)10-7-4-3-5-8-10/h4,7,10-12H,2-3,5-6,8-9H2,1H3. The first-order valence-corrected chi connectivity index (χ1v) is 5.58. The molecule has 0 nitrogen and oxygen atoms in total. The number of rotatable bonds is 3. The monoisotopic (exact) mass is 164 g/mol. The summed E-state index contributed by atoms with van der Waals surface area (Å²) in [6, 6.07) is 0. The highest BCUT2D eigenvalue weighted by Crippen LogP contribution is 2.49. The maximum Gasteiger partial charge on any atom is -0.0202 e. The Bertz CT molecular complexity index is 169. The van der Waals surface area contributed by atoms with Crippen LogP contribution in [0.4, 0.5) is 0 Å². The Morgan fingerprint density at radius 3 is 3.00 bits per heavy atom. The van der Waals surface area contributed by atoms with Crippen LogP contribution in [0, 0.1) is 17.8 Å². The van der Waals surface area contributed by atoms with E-state index in [1.165, 1.54) is 38.5 Å². The van der Waals surface area contributed by atoms with Gasteiger partial charge >= 0.3 is 0 Å². The molecule has 68 valence electrons. The molecular formula is C12H20. The average molecular weight is 164 g/mol. The molecule has 0 aromatic rings. The van der Waals surface area contributed by atoms with E-state index < -0.39 is 0 Å². The van der Waals surface area contributed by atoms with Crippen LogP contribution in [0.5, 0.6) is 0 Å². The van der Waals surface area contributed by atoms with E-state index in [9.17, 15) is 0 Å². The molecule has 0 radical (unpaired) electrons. The predicted molar refractivity (Wildman–Crippen MR) is 53.0 cm³/mol. The largest absolute Gasteiger partial charge is 0.0882 e. The summed E-state index contributed by atoms with van der Waals surface area (Å²) < 4.78 is 0. The van der Waals surface area contributed by atoms with Crippen molar-refractivity contribution in [2.24, 2.45) is 17.8 Å². The predicted octanol–water partition coefficient (Wildman–Crippen LogP) is 3.78. The molecule has 2 rings (SSSR count). The van der Waals surface area contributed by atoms with Crippen LogP contribution in [0.15, 0.2) is 12.2 Å². The van der Waals surface area contributed by atoms with Crippen molar-refractivity contribution in [2.45, 2.75) is 45.4 Å². The van der Waals surface area contributed by atoms with Crippen molar-refractivity contribution in [2.75, 3.05) is 0 Å². The highest BCUT2D eigenvalue weighted by molar-refractivity contribution is 5.02. The molecule has 0 N–H and O–H groups in total. The Morgan fingerprint density at radius 1 is 1.42 bits per heavy atom. The molecule has 0 aliphatic heterocycles. The van der Waals surface area contributed by atoms with Gasteiger partial charge < -0.3 is 0 Å². The molecule has 0 heteroatoms.